The summed E-state index contributed by atoms with van der Waals surface area (Å²) in [5.74, 6) is -0.315. The highest BCUT2D eigenvalue weighted by molar-refractivity contribution is 9.10. The summed E-state index contributed by atoms with van der Waals surface area (Å²) >= 11 is 3.16. The normalized spacial score (nSPS) is 14.5. The molecule has 0 unspecified atom stereocenters. The van der Waals surface area contributed by atoms with Crippen LogP contribution in [-0.4, -0.2) is 12.6 Å². The van der Waals surface area contributed by atoms with Gasteiger partial charge in [0.15, 0.2) is 5.82 Å². The Bertz CT molecular complexity index is 463. The third-order valence-electron chi connectivity index (χ3n) is 2.94. The summed E-state index contributed by atoms with van der Waals surface area (Å²) in [6, 6.07) is 5.84. The summed E-state index contributed by atoms with van der Waals surface area (Å²) in [5.41, 5.74) is 0.957. The molecule has 0 saturated heterocycles. The van der Waals surface area contributed by atoms with Crippen molar-refractivity contribution < 1.29 is 4.39 Å². The van der Waals surface area contributed by atoms with Gasteiger partial charge >= 0.3 is 0 Å². The first kappa shape index (κ1) is 12.4. The summed E-state index contributed by atoms with van der Waals surface area (Å²) in [5, 5.41) is 8.84. The first-order chi connectivity index (χ1) is 8.19. The van der Waals surface area contributed by atoms with Crippen LogP contribution >= 0.6 is 15.9 Å². The second kappa shape index (κ2) is 5.05. The van der Waals surface area contributed by atoms with Crippen LogP contribution in [0, 0.1) is 17.1 Å². The smallest absolute Gasteiger partial charge is 0.161 e. The zero-order valence-corrected chi connectivity index (χ0v) is 11.3. The second-order valence-corrected chi connectivity index (χ2v) is 5.09. The van der Waals surface area contributed by atoms with Gasteiger partial charge in [-0.05, 0) is 47.3 Å². The lowest BCUT2D eigenvalue weighted by molar-refractivity contribution is 0.607. The van der Waals surface area contributed by atoms with Gasteiger partial charge in [0.05, 0.1) is 15.7 Å². The van der Waals surface area contributed by atoms with Crippen LogP contribution in [0.15, 0.2) is 16.6 Å². The Hall–Kier alpha value is -1.08. The number of halogens is 2. The van der Waals surface area contributed by atoms with Crippen molar-refractivity contribution in [3.8, 4) is 6.07 Å². The van der Waals surface area contributed by atoms with Crippen LogP contribution in [0.4, 0.5) is 10.1 Å². The Balaban J connectivity index is 2.37. The molecular weight excluding hydrogens is 283 g/mol. The van der Waals surface area contributed by atoms with Crippen molar-refractivity contribution in [1.82, 2.24) is 0 Å². The molecule has 0 N–H and O–H groups in total. The molecule has 0 spiro atoms. The first-order valence-electron chi connectivity index (χ1n) is 5.83. The van der Waals surface area contributed by atoms with Crippen molar-refractivity contribution in [3.63, 3.8) is 0 Å². The highest BCUT2D eigenvalue weighted by Crippen LogP contribution is 2.36. The van der Waals surface area contributed by atoms with Gasteiger partial charge in [-0.3, -0.25) is 0 Å². The molecule has 1 aliphatic carbocycles. The molecule has 90 valence electrons. The largest absolute Gasteiger partial charge is 0.366 e. The number of anilines is 1. The number of rotatable bonds is 4. The minimum absolute atomic E-state index is 0.277. The van der Waals surface area contributed by atoms with E-state index in [1.54, 1.807) is 12.1 Å². The van der Waals surface area contributed by atoms with Crippen molar-refractivity contribution in [2.75, 3.05) is 11.4 Å². The highest BCUT2D eigenvalue weighted by atomic mass is 79.9. The molecule has 1 saturated carbocycles. The van der Waals surface area contributed by atoms with E-state index in [1.165, 1.54) is 0 Å². The van der Waals surface area contributed by atoms with Gasteiger partial charge in [-0.2, -0.15) is 5.26 Å². The Kier molecular flexibility index (Phi) is 3.68. The molecule has 1 aromatic carbocycles. The first-order valence-corrected chi connectivity index (χ1v) is 6.63. The number of nitriles is 1. The predicted octanol–water partition coefficient (Wildman–Crippen LogP) is 3.84. The van der Waals surface area contributed by atoms with Crippen LogP contribution < -0.4 is 4.90 Å². The van der Waals surface area contributed by atoms with E-state index in [0.29, 0.717) is 17.3 Å². The molecular formula is C13H14BrFN2. The van der Waals surface area contributed by atoms with Gasteiger partial charge in [-0.25, -0.2) is 4.39 Å². The molecule has 17 heavy (non-hydrogen) atoms. The third kappa shape index (κ3) is 2.44. The fraction of sp³-hybridized carbons (Fsp3) is 0.462. The molecule has 1 fully saturated rings. The van der Waals surface area contributed by atoms with Gasteiger partial charge in [0.2, 0.25) is 0 Å². The molecule has 0 aliphatic heterocycles. The van der Waals surface area contributed by atoms with Crippen molar-refractivity contribution in [2.24, 2.45) is 0 Å². The molecule has 0 bridgehead atoms. The predicted molar refractivity (Wildman–Crippen MR) is 69.5 cm³/mol. The van der Waals surface area contributed by atoms with E-state index in [2.05, 4.69) is 27.8 Å². The van der Waals surface area contributed by atoms with Crippen LogP contribution in [0.25, 0.3) is 0 Å². The standard InChI is InChI=1S/C13H14BrFN2/c1-2-7-17(10-4-5-10)11-6-3-9(8-16)12(14)13(11)15/h3,6,10H,2,4-5,7H2,1H3. The van der Waals surface area contributed by atoms with Crippen molar-refractivity contribution in [2.45, 2.75) is 32.2 Å². The Morgan fingerprint density at radius 3 is 2.76 bits per heavy atom. The lowest BCUT2D eigenvalue weighted by Gasteiger charge is -2.25. The Labute approximate surface area is 109 Å². The molecule has 0 heterocycles. The summed E-state index contributed by atoms with van der Waals surface area (Å²) < 4.78 is 14.4. The fourth-order valence-electron chi connectivity index (χ4n) is 1.97. The zero-order chi connectivity index (χ0) is 12.4. The van der Waals surface area contributed by atoms with E-state index in [0.717, 1.165) is 25.8 Å². The van der Waals surface area contributed by atoms with E-state index in [4.69, 9.17) is 5.26 Å². The van der Waals surface area contributed by atoms with E-state index in [1.807, 2.05) is 6.07 Å². The third-order valence-corrected chi connectivity index (χ3v) is 3.72. The van der Waals surface area contributed by atoms with Gasteiger partial charge in [0.25, 0.3) is 0 Å². The minimum atomic E-state index is -0.315. The van der Waals surface area contributed by atoms with Crippen LogP contribution in [0.3, 0.4) is 0 Å². The number of hydrogen-bond donors (Lipinski definition) is 0. The molecule has 4 heteroatoms. The van der Waals surface area contributed by atoms with Crippen LogP contribution in [-0.2, 0) is 0 Å². The summed E-state index contributed by atoms with van der Waals surface area (Å²) in [6.07, 6.45) is 3.27. The van der Waals surface area contributed by atoms with Gasteiger partial charge in [-0.1, -0.05) is 6.92 Å². The molecule has 2 nitrogen and oxygen atoms in total. The summed E-state index contributed by atoms with van der Waals surface area (Å²) in [4.78, 5) is 2.11. The van der Waals surface area contributed by atoms with Crippen LogP contribution in [0.1, 0.15) is 31.7 Å². The molecule has 0 radical (unpaired) electrons. The Morgan fingerprint density at radius 1 is 1.53 bits per heavy atom. The van der Waals surface area contributed by atoms with Crippen LogP contribution in [0.5, 0.6) is 0 Å². The quantitative estimate of drug-likeness (QED) is 0.844. The molecule has 0 amide bonds. The maximum atomic E-state index is 14.2. The van der Waals surface area contributed by atoms with E-state index >= 15 is 0 Å². The average Bonchev–Trinajstić information content (AvgIpc) is 3.14. The van der Waals surface area contributed by atoms with Crippen molar-refractivity contribution >= 4 is 21.6 Å². The molecule has 0 aromatic heterocycles. The van der Waals surface area contributed by atoms with Gasteiger partial charge in [-0.15, -0.1) is 0 Å². The SMILES string of the molecule is CCCN(c1ccc(C#N)c(Br)c1F)C1CC1. The lowest BCUT2D eigenvalue weighted by Crippen LogP contribution is -2.27. The maximum absolute atomic E-state index is 14.2. The molecule has 1 aliphatic rings. The Morgan fingerprint density at radius 2 is 2.24 bits per heavy atom. The van der Waals surface area contributed by atoms with Crippen molar-refractivity contribution in [3.05, 3.63) is 28.0 Å². The lowest BCUT2D eigenvalue weighted by atomic mass is 10.2. The minimum Gasteiger partial charge on any atom is -0.366 e. The van der Waals surface area contributed by atoms with E-state index in [-0.39, 0.29) is 10.3 Å². The van der Waals surface area contributed by atoms with Gasteiger partial charge in [0, 0.05) is 12.6 Å². The number of hydrogen-bond acceptors (Lipinski definition) is 2. The van der Waals surface area contributed by atoms with Gasteiger partial charge in [0.1, 0.15) is 6.07 Å². The molecule has 1 aromatic rings. The second-order valence-electron chi connectivity index (χ2n) is 4.30. The summed E-state index contributed by atoms with van der Waals surface area (Å²) in [6.45, 7) is 2.95. The van der Waals surface area contributed by atoms with Crippen molar-refractivity contribution in [1.29, 1.82) is 5.26 Å². The van der Waals surface area contributed by atoms with E-state index in [9.17, 15) is 4.39 Å². The number of benzene rings is 1. The average molecular weight is 297 g/mol. The monoisotopic (exact) mass is 296 g/mol. The number of nitrogens with zero attached hydrogens (tertiary/aromatic N) is 2. The maximum Gasteiger partial charge on any atom is 0.161 e. The summed E-state index contributed by atoms with van der Waals surface area (Å²) in [7, 11) is 0. The highest BCUT2D eigenvalue weighted by Gasteiger charge is 2.30. The fourth-order valence-corrected chi connectivity index (χ4v) is 2.40. The van der Waals surface area contributed by atoms with Crippen LogP contribution in [0.2, 0.25) is 0 Å². The van der Waals surface area contributed by atoms with Gasteiger partial charge < -0.3 is 4.90 Å². The topological polar surface area (TPSA) is 27.0 Å². The molecule has 0 atom stereocenters. The molecule has 2 rings (SSSR count). The zero-order valence-electron chi connectivity index (χ0n) is 9.71. The van der Waals surface area contributed by atoms with E-state index < -0.39 is 0 Å².